The predicted molar refractivity (Wildman–Crippen MR) is 116 cm³/mol. The second kappa shape index (κ2) is 9.93. The van der Waals surface area contributed by atoms with E-state index in [9.17, 15) is 9.59 Å². The molecule has 0 aliphatic heterocycles. The van der Waals surface area contributed by atoms with Crippen LogP contribution in [0.25, 0.3) is 6.08 Å². The topological polar surface area (TPSA) is 80.6 Å². The maximum atomic E-state index is 12.8. The first-order valence-electron chi connectivity index (χ1n) is 9.33. The van der Waals surface area contributed by atoms with Gasteiger partial charge < -0.3 is 19.8 Å². The lowest BCUT2D eigenvalue weighted by Crippen LogP contribution is -2.30. The third kappa shape index (κ3) is 5.72. The number of nitrogens with one attached hydrogen (secondary N) is 2. The minimum atomic E-state index is -0.479. The lowest BCUT2D eigenvalue weighted by molar-refractivity contribution is -0.113. The molecule has 30 heavy (non-hydrogen) atoms. The van der Waals surface area contributed by atoms with E-state index in [2.05, 4.69) is 17.2 Å². The van der Waals surface area contributed by atoms with Crippen LogP contribution in [-0.4, -0.2) is 18.4 Å². The van der Waals surface area contributed by atoms with Crippen LogP contribution in [0.4, 0.5) is 5.69 Å². The number of furan rings is 1. The van der Waals surface area contributed by atoms with Gasteiger partial charge in [0.25, 0.3) is 11.8 Å². The molecule has 2 N–H and O–H groups in total. The Labute approximate surface area is 174 Å². The van der Waals surface area contributed by atoms with Crippen molar-refractivity contribution in [1.82, 2.24) is 5.32 Å². The van der Waals surface area contributed by atoms with Gasteiger partial charge in [-0.15, -0.1) is 0 Å². The van der Waals surface area contributed by atoms with Gasteiger partial charge in [-0.2, -0.15) is 0 Å². The van der Waals surface area contributed by atoms with Crippen LogP contribution in [0, 0.1) is 6.92 Å². The summed E-state index contributed by atoms with van der Waals surface area (Å²) in [5.74, 6) is 0.233. The molecule has 2 aromatic carbocycles. The molecular weight excluding hydrogens is 380 g/mol. The standard InChI is InChI=1S/C24H22N2O4/c1-3-13-29-20-11-9-19(10-12-20)25-24(28)22(16-21-8-5-14-30-21)26-23(27)18-7-4-6-17(2)15-18/h3-12,14-16H,1,13H2,2H3,(H,25,28)(H,26,27)/b22-16-. The Balaban J connectivity index is 1.77. The first-order valence-corrected chi connectivity index (χ1v) is 9.33. The van der Waals surface area contributed by atoms with E-state index in [4.69, 9.17) is 9.15 Å². The minimum absolute atomic E-state index is 0.0587. The Morgan fingerprint density at radius 3 is 2.57 bits per heavy atom. The second-order valence-corrected chi connectivity index (χ2v) is 6.48. The summed E-state index contributed by atoms with van der Waals surface area (Å²) < 4.78 is 10.7. The van der Waals surface area contributed by atoms with Gasteiger partial charge in [-0.1, -0.05) is 30.4 Å². The second-order valence-electron chi connectivity index (χ2n) is 6.48. The van der Waals surface area contributed by atoms with Crippen LogP contribution in [0.1, 0.15) is 21.7 Å². The van der Waals surface area contributed by atoms with Crippen molar-refractivity contribution in [3.8, 4) is 5.75 Å². The molecule has 6 nitrogen and oxygen atoms in total. The average molecular weight is 402 g/mol. The minimum Gasteiger partial charge on any atom is -0.490 e. The van der Waals surface area contributed by atoms with E-state index in [0.29, 0.717) is 29.4 Å². The van der Waals surface area contributed by atoms with Gasteiger partial charge in [-0.05, 0) is 55.5 Å². The molecule has 3 rings (SSSR count). The van der Waals surface area contributed by atoms with E-state index < -0.39 is 5.91 Å². The van der Waals surface area contributed by atoms with Gasteiger partial charge in [0, 0.05) is 17.3 Å². The number of hydrogen-bond donors (Lipinski definition) is 2. The summed E-state index contributed by atoms with van der Waals surface area (Å²) in [7, 11) is 0. The third-order valence-electron chi connectivity index (χ3n) is 4.08. The molecule has 0 spiro atoms. The number of anilines is 1. The van der Waals surface area contributed by atoms with Gasteiger partial charge in [0.1, 0.15) is 23.8 Å². The highest BCUT2D eigenvalue weighted by Crippen LogP contribution is 2.17. The van der Waals surface area contributed by atoms with Gasteiger partial charge in [-0.3, -0.25) is 9.59 Å². The summed E-state index contributed by atoms with van der Waals surface area (Å²) in [6, 6.07) is 17.4. The fourth-order valence-electron chi connectivity index (χ4n) is 2.64. The van der Waals surface area contributed by atoms with E-state index in [1.54, 1.807) is 60.7 Å². The summed E-state index contributed by atoms with van der Waals surface area (Å²) in [6.07, 6.45) is 4.62. The fraction of sp³-hybridized carbons (Fsp3) is 0.0833. The molecular formula is C24H22N2O4. The van der Waals surface area contributed by atoms with Crippen molar-refractivity contribution in [2.45, 2.75) is 6.92 Å². The molecule has 0 atom stereocenters. The van der Waals surface area contributed by atoms with Crippen molar-refractivity contribution >= 4 is 23.6 Å². The number of ether oxygens (including phenoxy) is 1. The number of carbonyl (C=O) groups is 2. The van der Waals surface area contributed by atoms with E-state index in [0.717, 1.165) is 5.56 Å². The SMILES string of the molecule is C=CCOc1ccc(NC(=O)/C(=C/c2ccco2)NC(=O)c2cccc(C)c2)cc1. The number of aryl methyl sites for hydroxylation is 1. The van der Waals surface area contributed by atoms with Crippen LogP contribution in [0.15, 0.2) is 89.7 Å². The molecule has 0 aliphatic carbocycles. The molecule has 0 saturated carbocycles. The van der Waals surface area contributed by atoms with Crippen molar-refractivity contribution in [2.24, 2.45) is 0 Å². The summed E-state index contributed by atoms with van der Waals surface area (Å²) in [4.78, 5) is 25.5. The van der Waals surface area contributed by atoms with E-state index in [1.165, 1.54) is 12.3 Å². The van der Waals surface area contributed by atoms with Crippen molar-refractivity contribution in [1.29, 1.82) is 0 Å². The van der Waals surface area contributed by atoms with Gasteiger partial charge in [0.15, 0.2) is 0 Å². The molecule has 1 heterocycles. The molecule has 1 aromatic heterocycles. The molecule has 0 unspecified atom stereocenters. The molecule has 152 valence electrons. The van der Waals surface area contributed by atoms with Gasteiger partial charge in [0.2, 0.25) is 0 Å². The number of hydrogen-bond acceptors (Lipinski definition) is 4. The third-order valence-corrected chi connectivity index (χ3v) is 4.08. The first-order chi connectivity index (χ1) is 14.5. The summed E-state index contributed by atoms with van der Waals surface area (Å²) in [6.45, 7) is 5.89. The number of amides is 2. The Morgan fingerprint density at radius 1 is 1.10 bits per heavy atom. The van der Waals surface area contributed by atoms with Gasteiger partial charge >= 0.3 is 0 Å². The highest BCUT2D eigenvalue weighted by atomic mass is 16.5. The molecule has 2 amide bonds. The Bertz CT molecular complexity index is 1050. The molecule has 0 saturated heterocycles. The van der Waals surface area contributed by atoms with Crippen LogP contribution in [0.2, 0.25) is 0 Å². The largest absolute Gasteiger partial charge is 0.490 e. The number of rotatable bonds is 8. The highest BCUT2D eigenvalue weighted by Gasteiger charge is 2.16. The van der Waals surface area contributed by atoms with Crippen LogP contribution < -0.4 is 15.4 Å². The van der Waals surface area contributed by atoms with Gasteiger partial charge in [-0.25, -0.2) is 0 Å². The Hall–Kier alpha value is -4.06. The van der Waals surface area contributed by atoms with Gasteiger partial charge in [0.05, 0.1) is 6.26 Å². The van der Waals surface area contributed by atoms with Crippen LogP contribution >= 0.6 is 0 Å². The molecule has 0 aliphatic rings. The smallest absolute Gasteiger partial charge is 0.272 e. The zero-order chi connectivity index (χ0) is 21.3. The van der Waals surface area contributed by atoms with Crippen LogP contribution in [-0.2, 0) is 4.79 Å². The van der Waals surface area contributed by atoms with Crippen molar-refractivity contribution in [3.63, 3.8) is 0 Å². The number of carbonyl (C=O) groups excluding carboxylic acids is 2. The maximum Gasteiger partial charge on any atom is 0.272 e. The van der Waals surface area contributed by atoms with Crippen molar-refractivity contribution in [2.75, 3.05) is 11.9 Å². The molecule has 3 aromatic rings. The predicted octanol–water partition coefficient (Wildman–Crippen LogP) is 4.56. The zero-order valence-corrected chi connectivity index (χ0v) is 16.6. The average Bonchev–Trinajstić information content (AvgIpc) is 3.26. The van der Waals surface area contributed by atoms with Crippen molar-refractivity contribution < 1.29 is 18.7 Å². The summed E-state index contributed by atoms with van der Waals surface area (Å²) in [5.41, 5.74) is 2.02. The van der Waals surface area contributed by atoms with Crippen molar-refractivity contribution in [3.05, 3.63) is 102 Å². The number of benzene rings is 2. The molecule has 0 radical (unpaired) electrons. The molecule has 0 bridgehead atoms. The fourth-order valence-corrected chi connectivity index (χ4v) is 2.64. The lowest BCUT2D eigenvalue weighted by Gasteiger charge is -2.12. The summed E-state index contributed by atoms with van der Waals surface area (Å²) in [5, 5.41) is 5.44. The van der Waals surface area contributed by atoms with E-state index in [-0.39, 0.29) is 11.6 Å². The summed E-state index contributed by atoms with van der Waals surface area (Å²) >= 11 is 0. The highest BCUT2D eigenvalue weighted by molar-refractivity contribution is 6.10. The normalized spacial score (nSPS) is 10.9. The Kier molecular flexibility index (Phi) is 6.84. The zero-order valence-electron chi connectivity index (χ0n) is 16.6. The molecule has 6 heteroatoms. The van der Waals surface area contributed by atoms with Crippen LogP contribution in [0.5, 0.6) is 5.75 Å². The molecule has 0 fully saturated rings. The Morgan fingerprint density at radius 2 is 1.90 bits per heavy atom. The first kappa shape index (κ1) is 20.7. The monoisotopic (exact) mass is 402 g/mol. The van der Waals surface area contributed by atoms with E-state index >= 15 is 0 Å². The maximum absolute atomic E-state index is 12.8. The lowest BCUT2D eigenvalue weighted by atomic mass is 10.1. The quantitative estimate of drug-likeness (QED) is 0.427. The van der Waals surface area contributed by atoms with E-state index in [1.807, 2.05) is 13.0 Å². The van der Waals surface area contributed by atoms with Crippen LogP contribution in [0.3, 0.4) is 0 Å².